The molecule has 8 heteroatoms. The summed E-state index contributed by atoms with van der Waals surface area (Å²) in [6.07, 6.45) is 0. The number of piperazine rings is 1. The van der Waals surface area contributed by atoms with Crippen molar-refractivity contribution in [3.63, 3.8) is 0 Å². The molecule has 2 saturated heterocycles. The molecule has 1 aromatic carbocycles. The smallest absolute Gasteiger partial charge is 0.243 e. The van der Waals surface area contributed by atoms with Crippen LogP contribution in [0.3, 0.4) is 0 Å². The molecular weight excluding hydrogens is 333 g/mol. The molecule has 2 heterocycles. The van der Waals surface area contributed by atoms with Crippen LogP contribution in [0.5, 0.6) is 0 Å². The number of hydrogen-bond acceptors (Lipinski definition) is 4. The lowest BCUT2D eigenvalue weighted by Gasteiger charge is -2.42. The second-order valence-corrected chi connectivity index (χ2v) is 8.17. The van der Waals surface area contributed by atoms with Gasteiger partial charge in [-0.2, -0.15) is 4.31 Å². The average Bonchev–Trinajstić information content (AvgIpc) is 2.36. The molecular formula is C13H17Cl2N3O2S. The summed E-state index contributed by atoms with van der Waals surface area (Å²) in [5.74, 6) is 0. The number of sulfonamides is 1. The first kappa shape index (κ1) is 15.5. The van der Waals surface area contributed by atoms with Crippen LogP contribution in [0.4, 0.5) is 0 Å². The molecule has 0 unspecified atom stereocenters. The van der Waals surface area contributed by atoms with E-state index in [1.54, 1.807) is 0 Å². The highest BCUT2D eigenvalue weighted by atomic mass is 35.5. The first-order valence-electron chi connectivity index (χ1n) is 6.88. The number of halogens is 2. The fourth-order valence-electron chi connectivity index (χ4n) is 2.67. The first-order chi connectivity index (χ1) is 9.96. The Hall–Kier alpha value is -0.370. The van der Waals surface area contributed by atoms with Crippen LogP contribution in [-0.2, 0) is 10.0 Å². The molecule has 1 N–H and O–H groups in total. The van der Waals surface area contributed by atoms with Crippen molar-refractivity contribution in [1.82, 2.24) is 14.5 Å². The van der Waals surface area contributed by atoms with Crippen molar-refractivity contribution < 1.29 is 8.42 Å². The van der Waals surface area contributed by atoms with Gasteiger partial charge in [0, 0.05) is 55.4 Å². The topological polar surface area (TPSA) is 52.7 Å². The summed E-state index contributed by atoms with van der Waals surface area (Å²) in [4.78, 5) is 2.51. The molecule has 0 amide bonds. The van der Waals surface area contributed by atoms with E-state index in [2.05, 4.69) is 10.2 Å². The van der Waals surface area contributed by atoms with E-state index in [1.807, 2.05) is 0 Å². The molecule has 21 heavy (non-hydrogen) atoms. The van der Waals surface area contributed by atoms with Crippen molar-refractivity contribution in [2.24, 2.45) is 0 Å². The Balaban J connectivity index is 1.73. The zero-order valence-corrected chi connectivity index (χ0v) is 13.8. The van der Waals surface area contributed by atoms with Crippen LogP contribution in [0.1, 0.15) is 0 Å². The zero-order valence-electron chi connectivity index (χ0n) is 11.4. The maximum atomic E-state index is 12.6. The normalized spacial score (nSPS) is 22.2. The Morgan fingerprint density at radius 3 is 2.05 bits per heavy atom. The molecule has 2 aliphatic rings. The molecule has 0 aromatic heterocycles. The van der Waals surface area contributed by atoms with Crippen LogP contribution in [0.2, 0.25) is 10.0 Å². The minimum atomic E-state index is -3.52. The number of benzene rings is 1. The molecule has 0 radical (unpaired) electrons. The average molecular weight is 350 g/mol. The van der Waals surface area contributed by atoms with Gasteiger partial charge in [0.25, 0.3) is 0 Å². The number of rotatable bonds is 3. The quantitative estimate of drug-likeness (QED) is 0.892. The first-order valence-corrected chi connectivity index (χ1v) is 9.07. The molecule has 2 fully saturated rings. The van der Waals surface area contributed by atoms with Crippen molar-refractivity contribution in [2.45, 2.75) is 10.9 Å². The monoisotopic (exact) mass is 349 g/mol. The van der Waals surface area contributed by atoms with Crippen molar-refractivity contribution in [1.29, 1.82) is 0 Å². The second kappa shape index (κ2) is 6.02. The van der Waals surface area contributed by atoms with Gasteiger partial charge in [0.15, 0.2) is 0 Å². The maximum absolute atomic E-state index is 12.6. The van der Waals surface area contributed by atoms with E-state index in [-0.39, 0.29) is 4.90 Å². The van der Waals surface area contributed by atoms with E-state index < -0.39 is 10.0 Å². The Morgan fingerprint density at radius 2 is 1.57 bits per heavy atom. The van der Waals surface area contributed by atoms with E-state index in [0.29, 0.717) is 29.2 Å². The van der Waals surface area contributed by atoms with Gasteiger partial charge in [0.2, 0.25) is 10.0 Å². The highest BCUT2D eigenvalue weighted by Gasteiger charge is 2.32. The highest BCUT2D eigenvalue weighted by Crippen LogP contribution is 2.25. The fraction of sp³-hybridized carbons (Fsp3) is 0.538. The van der Waals surface area contributed by atoms with Crippen molar-refractivity contribution in [3.8, 4) is 0 Å². The van der Waals surface area contributed by atoms with Crippen LogP contribution in [0.15, 0.2) is 23.1 Å². The summed E-state index contributed by atoms with van der Waals surface area (Å²) in [6.45, 7) is 4.53. The molecule has 2 aliphatic heterocycles. The molecule has 0 spiro atoms. The standard InChI is InChI=1S/C13H17Cl2N3O2S/c14-10-5-11(15)7-13(6-10)21(19,20)18-3-1-17(2-4-18)12-8-16-9-12/h5-7,12,16H,1-4,8-9H2. The lowest BCUT2D eigenvalue weighted by molar-refractivity contribution is 0.103. The summed E-state index contributed by atoms with van der Waals surface area (Å²) in [5, 5.41) is 3.90. The Kier molecular flexibility index (Phi) is 4.45. The van der Waals surface area contributed by atoms with Crippen molar-refractivity contribution in [2.75, 3.05) is 39.3 Å². The van der Waals surface area contributed by atoms with Crippen molar-refractivity contribution in [3.05, 3.63) is 28.2 Å². The van der Waals surface area contributed by atoms with Gasteiger partial charge in [0.05, 0.1) is 4.90 Å². The fourth-order valence-corrected chi connectivity index (χ4v) is 4.82. The highest BCUT2D eigenvalue weighted by molar-refractivity contribution is 7.89. The van der Waals surface area contributed by atoms with Gasteiger partial charge in [-0.1, -0.05) is 23.2 Å². The lowest BCUT2D eigenvalue weighted by atomic mass is 10.1. The maximum Gasteiger partial charge on any atom is 0.243 e. The lowest BCUT2D eigenvalue weighted by Crippen LogP contribution is -2.62. The van der Waals surface area contributed by atoms with Crippen LogP contribution < -0.4 is 5.32 Å². The summed E-state index contributed by atoms with van der Waals surface area (Å²) in [5.41, 5.74) is 0. The predicted molar refractivity (Wildman–Crippen MR) is 83.5 cm³/mol. The molecule has 0 bridgehead atoms. The summed E-state index contributed by atoms with van der Waals surface area (Å²) in [6, 6.07) is 4.98. The van der Waals surface area contributed by atoms with Gasteiger partial charge in [0.1, 0.15) is 0 Å². The SMILES string of the molecule is O=S(=O)(c1cc(Cl)cc(Cl)c1)N1CCN(C2CNC2)CC1. The van der Waals surface area contributed by atoms with E-state index >= 15 is 0 Å². The van der Waals surface area contributed by atoms with Gasteiger partial charge in [-0.3, -0.25) is 4.90 Å². The third-order valence-corrected chi connectivity index (χ3v) is 6.34. The largest absolute Gasteiger partial charge is 0.314 e. The summed E-state index contributed by atoms with van der Waals surface area (Å²) in [7, 11) is -3.52. The number of nitrogens with zero attached hydrogens (tertiary/aromatic N) is 2. The van der Waals surface area contributed by atoms with E-state index in [9.17, 15) is 8.42 Å². The number of hydrogen-bond donors (Lipinski definition) is 1. The van der Waals surface area contributed by atoms with Gasteiger partial charge >= 0.3 is 0 Å². The number of nitrogens with one attached hydrogen (secondary N) is 1. The Morgan fingerprint density at radius 1 is 1.00 bits per heavy atom. The minimum absolute atomic E-state index is 0.166. The molecule has 116 valence electrons. The Bertz CT molecular complexity index is 606. The summed E-state index contributed by atoms with van der Waals surface area (Å²) >= 11 is 11.8. The second-order valence-electron chi connectivity index (χ2n) is 5.36. The molecule has 3 rings (SSSR count). The molecule has 0 aliphatic carbocycles. The van der Waals surface area contributed by atoms with Crippen LogP contribution in [-0.4, -0.2) is 62.9 Å². The van der Waals surface area contributed by atoms with E-state index in [1.165, 1.54) is 22.5 Å². The Labute approximate surface area is 134 Å². The summed E-state index contributed by atoms with van der Waals surface area (Å²) < 4.78 is 26.8. The molecule has 5 nitrogen and oxygen atoms in total. The van der Waals surface area contributed by atoms with Gasteiger partial charge in [-0.25, -0.2) is 8.42 Å². The van der Waals surface area contributed by atoms with Gasteiger partial charge < -0.3 is 5.32 Å². The third-order valence-electron chi connectivity index (χ3n) is 4.02. The third kappa shape index (κ3) is 3.21. The minimum Gasteiger partial charge on any atom is -0.314 e. The van der Waals surface area contributed by atoms with Crippen LogP contribution in [0, 0.1) is 0 Å². The predicted octanol–water partition coefficient (Wildman–Crippen LogP) is 1.27. The molecule has 0 saturated carbocycles. The van der Waals surface area contributed by atoms with Gasteiger partial charge in [-0.15, -0.1) is 0 Å². The zero-order chi connectivity index (χ0) is 15.0. The van der Waals surface area contributed by atoms with Crippen LogP contribution in [0.25, 0.3) is 0 Å². The van der Waals surface area contributed by atoms with Crippen LogP contribution >= 0.6 is 23.2 Å². The van der Waals surface area contributed by atoms with Crippen molar-refractivity contribution >= 4 is 33.2 Å². The molecule has 1 aromatic rings. The molecule has 0 atom stereocenters. The van der Waals surface area contributed by atoms with E-state index in [0.717, 1.165) is 26.2 Å². The van der Waals surface area contributed by atoms with E-state index in [4.69, 9.17) is 23.2 Å². The van der Waals surface area contributed by atoms with Gasteiger partial charge in [-0.05, 0) is 18.2 Å².